The number of hydrogen-bond donors (Lipinski definition) is 2. The van der Waals surface area contributed by atoms with Gasteiger partial charge in [-0.3, -0.25) is 4.98 Å². The van der Waals surface area contributed by atoms with Crippen LogP contribution in [-0.4, -0.2) is 46.5 Å². The summed E-state index contributed by atoms with van der Waals surface area (Å²) in [7, 11) is 0. The number of aryl methyl sites for hydroxylation is 1. The lowest BCUT2D eigenvalue weighted by atomic mass is 10.1. The fourth-order valence-corrected chi connectivity index (χ4v) is 3.47. The molecule has 1 aliphatic heterocycles. The molecule has 0 aromatic carbocycles. The fourth-order valence-electron chi connectivity index (χ4n) is 3.47. The molecule has 1 fully saturated rings. The van der Waals surface area contributed by atoms with Crippen LogP contribution in [0.3, 0.4) is 0 Å². The van der Waals surface area contributed by atoms with Crippen molar-refractivity contribution in [2.45, 2.75) is 26.1 Å². The molecule has 0 bridgehead atoms. The van der Waals surface area contributed by atoms with Crippen molar-refractivity contribution in [2.75, 3.05) is 42.3 Å². The summed E-state index contributed by atoms with van der Waals surface area (Å²) < 4.78 is 44.8. The van der Waals surface area contributed by atoms with Crippen molar-refractivity contribution in [3.8, 4) is 0 Å². The number of nitrogen functional groups attached to an aromatic ring is 1. The van der Waals surface area contributed by atoms with Crippen molar-refractivity contribution in [2.24, 2.45) is 0 Å². The average Bonchev–Trinajstić information content (AvgIpc) is 2.75. The normalized spacial score (nSPS) is 15.8. The Morgan fingerprint density at radius 1 is 1.16 bits per heavy atom. The molecule has 0 spiro atoms. The zero-order chi connectivity index (χ0) is 22.2. The van der Waals surface area contributed by atoms with Crippen LogP contribution in [0.25, 0.3) is 10.9 Å². The highest BCUT2D eigenvalue weighted by atomic mass is 19.4. The number of hydrogen-bond acceptors (Lipinski definition) is 8. The number of ether oxygens (including phenoxy) is 1. The minimum atomic E-state index is -4.59. The number of rotatable bonds is 4. The van der Waals surface area contributed by atoms with Crippen molar-refractivity contribution in [3.05, 3.63) is 41.5 Å². The smallest absolute Gasteiger partial charge is 0.399 e. The Balaban J connectivity index is 1.69. The van der Waals surface area contributed by atoms with Gasteiger partial charge in [-0.1, -0.05) is 0 Å². The van der Waals surface area contributed by atoms with E-state index in [2.05, 4.69) is 30.4 Å². The lowest BCUT2D eigenvalue weighted by molar-refractivity contribution is -0.141. The van der Waals surface area contributed by atoms with Crippen molar-refractivity contribution in [1.82, 2.24) is 20.2 Å². The standard InChI is InChI=1S/C20H22F3N7O/c1-11(16-7-13(24)8-17(27-16)20(21,22)23)26-19-15-9-14(30-3-5-31-6-4-30)10-25-18(15)12(2)28-29-19/h7-11H,3-6H2,1-2H3,(H2,24,27)(H,26,29)/t11-/m1/s1. The van der Waals surface area contributed by atoms with Crippen LogP contribution in [0.4, 0.5) is 30.4 Å². The van der Waals surface area contributed by atoms with Gasteiger partial charge in [0.2, 0.25) is 0 Å². The maximum Gasteiger partial charge on any atom is 0.433 e. The first-order chi connectivity index (χ1) is 14.7. The largest absolute Gasteiger partial charge is 0.433 e. The molecule has 0 saturated carbocycles. The number of nitrogens with zero attached hydrogens (tertiary/aromatic N) is 5. The Hall–Kier alpha value is -3.21. The molecule has 0 aliphatic carbocycles. The minimum Gasteiger partial charge on any atom is -0.399 e. The van der Waals surface area contributed by atoms with Crippen molar-refractivity contribution in [3.63, 3.8) is 0 Å². The maximum atomic E-state index is 13.1. The molecule has 11 heteroatoms. The summed E-state index contributed by atoms with van der Waals surface area (Å²) in [5.74, 6) is 0.411. The van der Waals surface area contributed by atoms with E-state index in [0.29, 0.717) is 30.2 Å². The number of fused-ring (bicyclic) bond motifs is 1. The van der Waals surface area contributed by atoms with Gasteiger partial charge >= 0.3 is 6.18 Å². The van der Waals surface area contributed by atoms with E-state index >= 15 is 0 Å². The van der Waals surface area contributed by atoms with Crippen molar-refractivity contribution >= 4 is 28.1 Å². The van der Waals surface area contributed by atoms with Gasteiger partial charge in [-0.15, -0.1) is 5.10 Å². The average molecular weight is 433 g/mol. The first kappa shape index (κ1) is 21.0. The second-order valence-corrected chi connectivity index (χ2v) is 7.40. The number of aromatic nitrogens is 4. The summed E-state index contributed by atoms with van der Waals surface area (Å²) >= 11 is 0. The van der Waals surface area contributed by atoms with Gasteiger partial charge in [0, 0.05) is 24.2 Å². The summed E-state index contributed by atoms with van der Waals surface area (Å²) in [6.07, 6.45) is -2.80. The van der Waals surface area contributed by atoms with Gasteiger partial charge in [-0.05, 0) is 32.0 Å². The van der Waals surface area contributed by atoms with Crippen LogP contribution < -0.4 is 16.0 Å². The van der Waals surface area contributed by atoms with E-state index in [1.54, 1.807) is 20.0 Å². The molecular formula is C20H22F3N7O. The van der Waals surface area contributed by atoms with Gasteiger partial charge in [0.05, 0.1) is 48.0 Å². The molecule has 0 amide bonds. The SMILES string of the molecule is Cc1nnc(N[C@H](C)c2cc(N)cc(C(F)(F)F)n2)c2cc(N3CCOCC3)cnc12. The highest BCUT2D eigenvalue weighted by molar-refractivity contribution is 5.92. The number of alkyl halides is 3. The molecule has 164 valence electrons. The van der Waals surface area contributed by atoms with Crippen molar-refractivity contribution < 1.29 is 17.9 Å². The summed E-state index contributed by atoms with van der Waals surface area (Å²) in [5, 5.41) is 12.2. The third kappa shape index (κ3) is 4.46. The molecule has 8 nitrogen and oxygen atoms in total. The summed E-state index contributed by atoms with van der Waals surface area (Å²) in [4.78, 5) is 10.4. The Morgan fingerprint density at radius 3 is 2.61 bits per heavy atom. The number of pyridine rings is 2. The molecule has 31 heavy (non-hydrogen) atoms. The predicted molar refractivity (Wildman–Crippen MR) is 111 cm³/mol. The molecule has 0 unspecified atom stereocenters. The lowest BCUT2D eigenvalue weighted by Crippen LogP contribution is -2.36. The third-order valence-corrected chi connectivity index (χ3v) is 5.10. The molecular weight excluding hydrogens is 411 g/mol. The van der Waals surface area contributed by atoms with Crippen LogP contribution in [0, 0.1) is 6.92 Å². The van der Waals surface area contributed by atoms with Crippen LogP contribution in [-0.2, 0) is 10.9 Å². The third-order valence-electron chi connectivity index (χ3n) is 5.10. The Bertz CT molecular complexity index is 1100. The van der Waals surface area contributed by atoms with Crippen LogP contribution in [0.2, 0.25) is 0 Å². The van der Waals surface area contributed by atoms with E-state index in [1.807, 2.05) is 6.07 Å². The molecule has 0 radical (unpaired) electrons. The molecule has 3 aromatic heterocycles. The number of morpholine rings is 1. The number of anilines is 3. The molecule has 1 saturated heterocycles. The van der Waals surface area contributed by atoms with E-state index < -0.39 is 17.9 Å². The van der Waals surface area contributed by atoms with Gasteiger partial charge in [0.25, 0.3) is 0 Å². The highest BCUT2D eigenvalue weighted by Crippen LogP contribution is 2.32. The molecule has 3 aromatic rings. The van der Waals surface area contributed by atoms with E-state index in [4.69, 9.17) is 10.5 Å². The fraction of sp³-hybridized carbons (Fsp3) is 0.400. The van der Waals surface area contributed by atoms with E-state index in [0.717, 1.165) is 30.2 Å². The molecule has 3 N–H and O–H groups in total. The van der Waals surface area contributed by atoms with Crippen LogP contribution >= 0.6 is 0 Å². The van der Waals surface area contributed by atoms with Crippen molar-refractivity contribution in [1.29, 1.82) is 0 Å². The van der Waals surface area contributed by atoms with Gasteiger partial charge < -0.3 is 20.7 Å². The number of nitrogens with two attached hydrogens (primary N) is 1. The molecule has 4 heterocycles. The second kappa shape index (κ2) is 8.14. The summed E-state index contributed by atoms with van der Waals surface area (Å²) in [6.45, 7) is 6.26. The predicted octanol–water partition coefficient (Wildman–Crippen LogP) is 3.34. The Labute approximate surface area is 176 Å². The minimum absolute atomic E-state index is 0.0120. The molecule has 1 aliphatic rings. The van der Waals surface area contributed by atoms with Gasteiger partial charge in [0.1, 0.15) is 5.69 Å². The summed E-state index contributed by atoms with van der Waals surface area (Å²) in [6, 6.07) is 3.58. The quantitative estimate of drug-likeness (QED) is 0.646. The highest BCUT2D eigenvalue weighted by Gasteiger charge is 2.33. The number of halogens is 3. The zero-order valence-corrected chi connectivity index (χ0v) is 17.1. The molecule has 1 atom stereocenters. The maximum absolute atomic E-state index is 13.1. The molecule has 4 rings (SSSR count). The Morgan fingerprint density at radius 2 is 1.90 bits per heavy atom. The second-order valence-electron chi connectivity index (χ2n) is 7.40. The Kier molecular flexibility index (Phi) is 5.52. The number of nitrogens with one attached hydrogen (secondary N) is 1. The first-order valence-electron chi connectivity index (χ1n) is 9.79. The van der Waals surface area contributed by atoms with Crippen LogP contribution in [0.1, 0.15) is 30.0 Å². The van der Waals surface area contributed by atoms with Crippen LogP contribution in [0.15, 0.2) is 24.4 Å². The monoisotopic (exact) mass is 433 g/mol. The first-order valence-corrected chi connectivity index (χ1v) is 9.79. The van der Waals surface area contributed by atoms with E-state index in [-0.39, 0.29) is 11.4 Å². The van der Waals surface area contributed by atoms with Gasteiger partial charge in [-0.2, -0.15) is 18.3 Å². The summed E-state index contributed by atoms with van der Waals surface area (Å²) in [5.41, 5.74) is 7.02. The van der Waals surface area contributed by atoms with Gasteiger partial charge in [-0.25, -0.2) is 4.98 Å². The zero-order valence-electron chi connectivity index (χ0n) is 17.1. The van der Waals surface area contributed by atoms with Crippen LogP contribution in [0.5, 0.6) is 0 Å². The lowest BCUT2D eigenvalue weighted by Gasteiger charge is -2.28. The van der Waals surface area contributed by atoms with E-state index in [9.17, 15) is 13.2 Å². The van der Waals surface area contributed by atoms with Gasteiger partial charge in [0.15, 0.2) is 5.82 Å². The van der Waals surface area contributed by atoms with E-state index in [1.165, 1.54) is 6.07 Å². The topological polar surface area (TPSA) is 102 Å².